The van der Waals surface area contributed by atoms with Gasteiger partial charge in [-0.3, -0.25) is 0 Å². The number of anilines is 2. The van der Waals surface area contributed by atoms with E-state index in [1.54, 1.807) is 23.5 Å². The molecule has 0 bridgehead atoms. The summed E-state index contributed by atoms with van der Waals surface area (Å²) in [5.74, 6) is 1.60. The third-order valence-electron chi connectivity index (χ3n) is 4.52. The highest BCUT2D eigenvalue weighted by atomic mass is 32.1. The molecular weight excluding hydrogens is 342 g/mol. The van der Waals surface area contributed by atoms with Gasteiger partial charge in [0.2, 0.25) is 0 Å². The lowest BCUT2D eigenvalue weighted by Crippen LogP contribution is -1.98. The standard InChI is InChI=1S/C21H19N3OS/c1-12-8-9-15(10-13(12)2)16-11-26-21-19(16)20(22-14(3)23-21)24-17-6-4-5-7-18(17)25/h4-11,25H,1-3H3,(H,22,23,24). The van der Waals surface area contributed by atoms with Crippen LogP contribution in [0.3, 0.4) is 0 Å². The molecule has 4 aromatic rings. The second-order valence-electron chi connectivity index (χ2n) is 6.39. The molecule has 5 heteroatoms. The Labute approximate surface area is 156 Å². The molecule has 2 aromatic carbocycles. The molecule has 0 aliphatic heterocycles. The number of rotatable bonds is 3. The second kappa shape index (κ2) is 6.42. The molecular formula is C21H19N3OS. The molecule has 0 unspecified atom stereocenters. The number of hydrogen-bond acceptors (Lipinski definition) is 5. The van der Waals surface area contributed by atoms with Crippen LogP contribution in [0.4, 0.5) is 11.5 Å². The Hall–Kier alpha value is -2.92. The van der Waals surface area contributed by atoms with Crippen LogP contribution in [0.1, 0.15) is 17.0 Å². The highest BCUT2D eigenvalue weighted by Gasteiger charge is 2.16. The van der Waals surface area contributed by atoms with E-state index in [1.165, 1.54) is 11.1 Å². The molecule has 0 atom stereocenters. The predicted octanol–water partition coefficient (Wildman–Crippen LogP) is 5.73. The zero-order valence-corrected chi connectivity index (χ0v) is 15.7. The summed E-state index contributed by atoms with van der Waals surface area (Å²) in [6.07, 6.45) is 0. The number of fused-ring (bicyclic) bond motifs is 1. The van der Waals surface area contributed by atoms with E-state index in [0.717, 1.165) is 21.3 Å². The van der Waals surface area contributed by atoms with E-state index in [4.69, 9.17) is 0 Å². The molecule has 2 aromatic heterocycles. The predicted molar refractivity (Wildman–Crippen MR) is 108 cm³/mol. The first-order valence-electron chi connectivity index (χ1n) is 8.41. The number of phenolic OH excluding ortho intramolecular Hbond substituents is 1. The quantitative estimate of drug-likeness (QED) is 0.457. The van der Waals surface area contributed by atoms with Crippen LogP contribution in [-0.4, -0.2) is 15.1 Å². The number of aromatic hydroxyl groups is 1. The first kappa shape index (κ1) is 16.5. The van der Waals surface area contributed by atoms with E-state index in [9.17, 15) is 5.11 Å². The SMILES string of the molecule is Cc1nc(Nc2ccccc2O)c2c(-c3ccc(C)c(C)c3)csc2n1. The van der Waals surface area contributed by atoms with Gasteiger partial charge in [0, 0.05) is 10.9 Å². The number of para-hydroxylation sites is 2. The summed E-state index contributed by atoms with van der Waals surface area (Å²) < 4.78 is 0. The zero-order valence-electron chi connectivity index (χ0n) is 14.9. The van der Waals surface area contributed by atoms with Gasteiger partial charge in [0.25, 0.3) is 0 Å². The third kappa shape index (κ3) is 2.91. The van der Waals surface area contributed by atoms with Gasteiger partial charge in [0.1, 0.15) is 22.2 Å². The molecule has 0 spiro atoms. The number of aryl methyl sites for hydroxylation is 3. The van der Waals surface area contributed by atoms with E-state index in [-0.39, 0.29) is 5.75 Å². The van der Waals surface area contributed by atoms with Crippen molar-refractivity contribution in [3.05, 3.63) is 64.8 Å². The molecule has 0 amide bonds. The number of nitrogens with zero attached hydrogens (tertiary/aromatic N) is 2. The molecule has 4 nitrogen and oxygen atoms in total. The fourth-order valence-corrected chi connectivity index (χ4v) is 3.96. The highest BCUT2D eigenvalue weighted by Crippen LogP contribution is 2.39. The van der Waals surface area contributed by atoms with Gasteiger partial charge in [0.05, 0.1) is 11.1 Å². The monoisotopic (exact) mass is 361 g/mol. The molecule has 0 fully saturated rings. The van der Waals surface area contributed by atoms with Crippen molar-refractivity contribution in [1.29, 1.82) is 0 Å². The van der Waals surface area contributed by atoms with Gasteiger partial charge in [-0.2, -0.15) is 0 Å². The minimum atomic E-state index is 0.194. The summed E-state index contributed by atoms with van der Waals surface area (Å²) in [4.78, 5) is 10.1. The molecule has 26 heavy (non-hydrogen) atoms. The first-order chi connectivity index (χ1) is 12.5. The largest absolute Gasteiger partial charge is 0.506 e. The number of phenols is 1. The maximum atomic E-state index is 10.1. The zero-order chi connectivity index (χ0) is 18.3. The summed E-state index contributed by atoms with van der Waals surface area (Å²) in [5, 5.41) is 16.5. The molecule has 4 rings (SSSR count). The maximum absolute atomic E-state index is 10.1. The van der Waals surface area contributed by atoms with Crippen LogP contribution in [-0.2, 0) is 0 Å². The van der Waals surface area contributed by atoms with Crippen molar-refractivity contribution in [2.24, 2.45) is 0 Å². The van der Waals surface area contributed by atoms with E-state index in [2.05, 4.69) is 52.7 Å². The smallest absolute Gasteiger partial charge is 0.143 e. The van der Waals surface area contributed by atoms with Gasteiger partial charge in [0.15, 0.2) is 0 Å². The molecule has 130 valence electrons. The highest BCUT2D eigenvalue weighted by molar-refractivity contribution is 7.17. The number of thiophene rings is 1. The fraction of sp³-hybridized carbons (Fsp3) is 0.143. The molecule has 0 aliphatic carbocycles. The summed E-state index contributed by atoms with van der Waals surface area (Å²) in [7, 11) is 0. The topological polar surface area (TPSA) is 58.0 Å². The average Bonchev–Trinajstić information content (AvgIpc) is 3.03. The lowest BCUT2D eigenvalue weighted by atomic mass is 10.0. The summed E-state index contributed by atoms with van der Waals surface area (Å²) in [6.45, 7) is 6.11. The minimum absolute atomic E-state index is 0.194. The van der Waals surface area contributed by atoms with Crippen LogP contribution in [0.2, 0.25) is 0 Å². The van der Waals surface area contributed by atoms with Crippen LogP contribution >= 0.6 is 11.3 Å². The summed E-state index contributed by atoms with van der Waals surface area (Å²) in [6, 6.07) is 13.6. The van der Waals surface area contributed by atoms with Crippen LogP contribution < -0.4 is 5.32 Å². The number of hydrogen-bond donors (Lipinski definition) is 2. The Morgan fingerprint density at radius 3 is 2.54 bits per heavy atom. The van der Waals surface area contributed by atoms with Gasteiger partial charge in [-0.15, -0.1) is 11.3 Å². The van der Waals surface area contributed by atoms with E-state index < -0.39 is 0 Å². The van der Waals surface area contributed by atoms with E-state index in [1.807, 2.05) is 19.1 Å². The van der Waals surface area contributed by atoms with Crippen molar-refractivity contribution < 1.29 is 5.11 Å². The van der Waals surface area contributed by atoms with Gasteiger partial charge >= 0.3 is 0 Å². The Bertz CT molecular complexity index is 1120. The van der Waals surface area contributed by atoms with Gasteiger partial charge in [-0.1, -0.05) is 30.3 Å². The maximum Gasteiger partial charge on any atom is 0.143 e. The second-order valence-corrected chi connectivity index (χ2v) is 7.25. The minimum Gasteiger partial charge on any atom is -0.506 e. The first-order valence-corrected chi connectivity index (χ1v) is 9.29. The normalized spacial score (nSPS) is 11.0. The molecule has 2 N–H and O–H groups in total. The van der Waals surface area contributed by atoms with Crippen molar-refractivity contribution in [1.82, 2.24) is 9.97 Å². The number of aromatic nitrogens is 2. The molecule has 2 heterocycles. The van der Waals surface area contributed by atoms with Crippen molar-refractivity contribution in [2.45, 2.75) is 20.8 Å². The van der Waals surface area contributed by atoms with Crippen molar-refractivity contribution in [3.63, 3.8) is 0 Å². The van der Waals surface area contributed by atoms with E-state index >= 15 is 0 Å². The lowest BCUT2D eigenvalue weighted by molar-refractivity contribution is 0.477. The fourth-order valence-electron chi connectivity index (χ4n) is 2.97. The van der Waals surface area contributed by atoms with Gasteiger partial charge < -0.3 is 10.4 Å². The third-order valence-corrected chi connectivity index (χ3v) is 5.39. The summed E-state index contributed by atoms with van der Waals surface area (Å²) in [5.41, 5.74) is 5.40. The Kier molecular flexibility index (Phi) is 4.09. The van der Waals surface area contributed by atoms with Gasteiger partial charge in [-0.25, -0.2) is 9.97 Å². The average molecular weight is 361 g/mol. The number of nitrogens with one attached hydrogen (secondary N) is 1. The van der Waals surface area contributed by atoms with Gasteiger partial charge in [-0.05, 0) is 49.6 Å². The molecule has 0 radical (unpaired) electrons. The Balaban J connectivity index is 1.91. The Morgan fingerprint density at radius 1 is 0.962 bits per heavy atom. The van der Waals surface area contributed by atoms with Crippen LogP contribution in [0.25, 0.3) is 21.3 Å². The van der Waals surface area contributed by atoms with Crippen molar-refractivity contribution in [2.75, 3.05) is 5.32 Å². The molecule has 0 saturated carbocycles. The van der Waals surface area contributed by atoms with E-state index in [0.29, 0.717) is 17.3 Å². The van der Waals surface area contributed by atoms with Crippen LogP contribution in [0, 0.1) is 20.8 Å². The van der Waals surface area contributed by atoms with Crippen molar-refractivity contribution in [3.8, 4) is 16.9 Å². The lowest BCUT2D eigenvalue weighted by Gasteiger charge is -2.11. The van der Waals surface area contributed by atoms with Crippen LogP contribution in [0.15, 0.2) is 47.8 Å². The van der Waals surface area contributed by atoms with Crippen molar-refractivity contribution >= 4 is 33.1 Å². The number of benzene rings is 2. The Morgan fingerprint density at radius 2 is 1.77 bits per heavy atom. The van der Waals surface area contributed by atoms with Crippen LogP contribution in [0.5, 0.6) is 5.75 Å². The summed E-state index contributed by atoms with van der Waals surface area (Å²) >= 11 is 1.61. The molecule has 0 aliphatic rings. The molecule has 0 saturated heterocycles.